The van der Waals surface area contributed by atoms with E-state index in [1.807, 2.05) is 12.1 Å². The lowest BCUT2D eigenvalue weighted by atomic mass is 10.2. The summed E-state index contributed by atoms with van der Waals surface area (Å²) in [5, 5.41) is 9.81. The molecule has 0 atom stereocenters. The number of aromatic nitrogens is 2. The van der Waals surface area contributed by atoms with Crippen LogP contribution in [0.25, 0.3) is 0 Å². The van der Waals surface area contributed by atoms with Gasteiger partial charge in [-0.25, -0.2) is 4.98 Å². The third-order valence-electron chi connectivity index (χ3n) is 5.34. The van der Waals surface area contributed by atoms with Crippen LogP contribution in [0.3, 0.4) is 0 Å². The zero-order chi connectivity index (χ0) is 24.2. The number of hydrogen-bond donors (Lipinski definition) is 3. The number of rotatable bonds is 6. The van der Waals surface area contributed by atoms with Gasteiger partial charge in [0, 0.05) is 50.2 Å². The van der Waals surface area contributed by atoms with E-state index in [0.717, 1.165) is 31.9 Å². The quantitative estimate of drug-likeness (QED) is 0.388. The number of nitrogens with zero attached hydrogens (tertiary/aromatic N) is 4. The normalized spacial score (nSPS) is 14.1. The summed E-state index contributed by atoms with van der Waals surface area (Å²) < 4.78 is 0. The number of hydrogen-bond acceptors (Lipinski definition) is 7. The first-order valence-corrected chi connectivity index (χ1v) is 11.8. The second-order valence-corrected chi connectivity index (χ2v) is 9.20. The van der Waals surface area contributed by atoms with Crippen LogP contribution in [0.1, 0.15) is 6.92 Å². The molecule has 2 aromatic carbocycles. The predicted octanol–water partition coefficient (Wildman–Crippen LogP) is 5.63. The van der Waals surface area contributed by atoms with E-state index >= 15 is 0 Å². The number of likely N-dealkylation sites (N-methyl/N-ethyl adjacent to an activating group) is 1. The van der Waals surface area contributed by atoms with Crippen LogP contribution in [0.4, 0.5) is 34.5 Å². The standard InChI is InChI=1S/C23H24Cl3N7O/c1-14(34)28-21-18(24)11-16(12-19(21)25)29-22-20(26)13-27-23(31-22)30-15-3-5-17(6-4-15)33-9-7-32(2)8-10-33/h3-6,11-13H,7-10H2,1-2H3,(H,28,34)(H2,27,29,30,31). The maximum atomic E-state index is 11.3. The highest BCUT2D eigenvalue weighted by atomic mass is 35.5. The molecule has 0 unspecified atom stereocenters. The molecule has 0 spiro atoms. The number of halogens is 3. The largest absolute Gasteiger partial charge is 0.369 e. The van der Waals surface area contributed by atoms with E-state index < -0.39 is 0 Å². The summed E-state index contributed by atoms with van der Waals surface area (Å²) in [4.78, 5) is 24.8. The van der Waals surface area contributed by atoms with Gasteiger partial charge in [-0.05, 0) is 43.4 Å². The fourth-order valence-electron chi connectivity index (χ4n) is 3.54. The average molecular weight is 521 g/mol. The Balaban J connectivity index is 1.47. The minimum atomic E-state index is -0.268. The van der Waals surface area contributed by atoms with Crippen LogP contribution in [0.2, 0.25) is 15.1 Å². The average Bonchev–Trinajstić information content (AvgIpc) is 2.79. The summed E-state index contributed by atoms with van der Waals surface area (Å²) in [6.07, 6.45) is 1.51. The Hall–Kier alpha value is -2.78. The summed E-state index contributed by atoms with van der Waals surface area (Å²) in [5.74, 6) is 0.495. The van der Waals surface area contributed by atoms with Crippen LogP contribution in [0.15, 0.2) is 42.6 Å². The topological polar surface area (TPSA) is 85.4 Å². The van der Waals surface area contributed by atoms with Crippen LogP contribution in [-0.4, -0.2) is 54.0 Å². The van der Waals surface area contributed by atoms with Gasteiger partial charge >= 0.3 is 0 Å². The number of amides is 1. The number of benzene rings is 2. The minimum Gasteiger partial charge on any atom is -0.369 e. The molecule has 0 saturated carbocycles. The molecule has 8 nitrogen and oxygen atoms in total. The molecule has 2 heterocycles. The monoisotopic (exact) mass is 519 g/mol. The first-order chi connectivity index (χ1) is 16.3. The van der Waals surface area contributed by atoms with Gasteiger partial charge in [0.15, 0.2) is 5.82 Å². The molecule has 0 bridgehead atoms. The molecule has 0 aliphatic carbocycles. The second kappa shape index (κ2) is 10.7. The summed E-state index contributed by atoms with van der Waals surface area (Å²) in [6.45, 7) is 5.52. The van der Waals surface area contributed by atoms with Crippen LogP contribution in [-0.2, 0) is 4.79 Å². The third-order valence-corrected chi connectivity index (χ3v) is 6.21. The van der Waals surface area contributed by atoms with Crippen molar-refractivity contribution < 1.29 is 4.79 Å². The van der Waals surface area contributed by atoms with Crippen LogP contribution in [0.5, 0.6) is 0 Å². The zero-order valence-corrected chi connectivity index (χ0v) is 21.0. The van der Waals surface area contributed by atoms with Crippen molar-refractivity contribution in [3.8, 4) is 0 Å². The number of anilines is 6. The Morgan fingerprint density at radius 2 is 1.56 bits per heavy atom. The van der Waals surface area contributed by atoms with E-state index in [2.05, 4.69) is 54.9 Å². The minimum absolute atomic E-state index is 0.268. The molecule has 34 heavy (non-hydrogen) atoms. The van der Waals surface area contributed by atoms with Crippen molar-refractivity contribution in [2.24, 2.45) is 0 Å². The van der Waals surface area contributed by atoms with Gasteiger partial charge in [0.2, 0.25) is 11.9 Å². The maximum Gasteiger partial charge on any atom is 0.229 e. The fraction of sp³-hybridized carbons (Fsp3) is 0.261. The molecule has 3 aromatic rings. The molecular formula is C23H24Cl3N7O. The molecule has 1 fully saturated rings. The number of carbonyl (C=O) groups is 1. The molecule has 1 aromatic heterocycles. The molecule has 1 amide bonds. The SMILES string of the molecule is CC(=O)Nc1c(Cl)cc(Nc2nc(Nc3ccc(N4CCN(C)CC4)cc3)ncc2Cl)cc1Cl. The zero-order valence-electron chi connectivity index (χ0n) is 18.7. The number of carbonyl (C=O) groups excluding carboxylic acids is 1. The lowest BCUT2D eigenvalue weighted by Gasteiger charge is -2.34. The van der Waals surface area contributed by atoms with E-state index in [1.165, 1.54) is 18.8 Å². The van der Waals surface area contributed by atoms with E-state index in [-0.39, 0.29) is 16.0 Å². The highest BCUT2D eigenvalue weighted by Crippen LogP contribution is 2.35. The summed E-state index contributed by atoms with van der Waals surface area (Å²) in [5.41, 5.74) is 2.95. The highest BCUT2D eigenvalue weighted by Gasteiger charge is 2.15. The van der Waals surface area contributed by atoms with Gasteiger partial charge in [0.25, 0.3) is 0 Å². The molecule has 1 aliphatic rings. The Morgan fingerprint density at radius 3 is 2.18 bits per heavy atom. The molecule has 178 valence electrons. The first-order valence-electron chi connectivity index (χ1n) is 10.7. The molecule has 0 radical (unpaired) electrons. The van der Waals surface area contributed by atoms with Gasteiger partial charge in [0.1, 0.15) is 5.02 Å². The van der Waals surface area contributed by atoms with Crippen molar-refractivity contribution in [1.82, 2.24) is 14.9 Å². The number of piperazine rings is 1. The van der Waals surface area contributed by atoms with Crippen molar-refractivity contribution >= 4 is 75.2 Å². The Bertz CT molecular complexity index is 1160. The summed E-state index contributed by atoms with van der Waals surface area (Å²) in [7, 11) is 2.14. The van der Waals surface area contributed by atoms with Gasteiger partial charge in [-0.1, -0.05) is 34.8 Å². The van der Waals surface area contributed by atoms with Crippen molar-refractivity contribution in [2.75, 3.05) is 54.1 Å². The van der Waals surface area contributed by atoms with Crippen molar-refractivity contribution in [3.63, 3.8) is 0 Å². The Labute approximate surface area is 213 Å². The van der Waals surface area contributed by atoms with E-state index in [4.69, 9.17) is 34.8 Å². The van der Waals surface area contributed by atoms with Gasteiger partial charge in [-0.3, -0.25) is 4.79 Å². The molecule has 3 N–H and O–H groups in total. The number of nitrogens with one attached hydrogen (secondary N) is 3. The van der Waals surface area contributed by atoms with Gasteiger partial charge in [-0.2, -0.15) is 4.98 Å². The van der Waals surface area contributed by atoms with Crippen molar-refractivity contribution in [3.05, 3.63) is 57.7 Å². The van der Waals surface area contributed by atoms with Crippen LogP contribution in [0, 0.1) is 0 Å². The lowest BCUT2D eigenvalue weighted by molar-refractivity contribution is -0.114. The van der Waals surface area contributed by atoms with Gasteiger partial charge in [0.05, 0.1) is 21.9 Å². The molecular weight excluding hydrogens is 497 g/mol. The molecule has 1 aliphatic heterocycles. The van der Waals surface area contributed by atoms with Gasteiger partial charge < -0.3 is 25.8 Å². The van der Waals surface area contributed by atoms with Crippen LogP contribution < -0.4 is 20.9 Å². The second-order valence-electron chi connectivity index (χ2n) is 7.97. The predicted molar refractivity (Wildman–Crippen MR) is 141 cm³/mol. The van der Waals surface area contributed by atoms with E-state index in [0.29, 0.717) is 28.2 Å². The highest BCUT2D eigenvalue weighted by molar-refractivity contribution is 6.40. The maximum absolute atomic E-state index is 11.3. The lowest BCUT2D eigenvalue weighted by Crippen LogP contribution is -2.44. The van der Waals surface area contributed by atoms with E-state index in [9.17, 15) is 4.79 Å². The molecule has 4 rings (SSSR count). The summed E-state index contributed by atoms with van der Waals surface area (Å²) >= 11 is 18.9. The van der Waals surface area contributed by atoms with Crippen molar-refractivity contribution in [2.45, 2.75) is 6.92 Å². The van der Waals surface area contributed by atoms with E-state index in [1.54, 1.807) is 12.1 Å². The summed E-state index contributed by atoms with van der Waals surface area (Å²) in [6, 6.07) is 11.4. The Kier molecular flexibility index (Phi) is 7.63. The third kappa shape index (κ3) is 6.01. The molecule has 1 saturated heterocycles. The van der Waals surface area contributed by atoms with Gasteiger partial charge in [-0.15, -0.1) is 0 Å². The van der Waals surface area contributed by atoms with Crippen molar-refractivity contribution in [1.29, 1.82) is 0 Å². The Morgan fingerprint density at radius 1 is 0.912 bits per heavy atom. The smallest absolute Gasteiger partial charge is 0.229 e. The van der Waals surface area contributed by atoms with Crippen LogP contribution >= 0.6 is 34.8 Å². The first kappa shape index (κ1) is 24.3. The fourth-order valence-corrected chi connectivity index (χ4v) is 4.26. The molecule has 11 heteroatoms.